The van der Waals surface area contributed by atoms with Gasteiger partial charge in [0.05, 0.1) is 6.04 Å². The van der Waals surface area contributed by atoms with Crippen molar-refractivity contribution in [1.29, 1.82) is 0 Å². The van der Waals surface area contributed by atoms with Crippen molar-refractivity contribution in [3.05, 3.63) is 28.2 Å². The largest absolute Gasteiger partial charge is 0.491 e. The van der Waals surface area contributed by atoms with Crippen LogP contribution in [-0.2, 0) is 0 Å². The van der Waals surface area contributed by atoms with E-state index in [4.69, 9.17) is 10.5 Å². The molecule has 1 aromatic carbocycles. The summed E-state index contributed by atoms with van der Waals surface area (Å²) in [6.45, 7) is 0.603. The number of hydrogen-bond acceptors (Lipinski definition) is 2. The van der Waals surface area contributed by atoms with E-state index in [0.29, 0.717) is 6.61 Å². The number of ether oxygens (including phenoxy) is 1. The lowest BCUT2D eigenvalue weighted by molar-refractivity contribution is 0.333. The molecule has 0 spiro atoms. The second-order valence-electron chi connectivity index (χ2n) is 2.60. The van der Waals surface area contributed by atoms with Crippen LogP contribution in [0.3, 0.4) is 0 Å². The zero-order valence-corrected chi connectivity index (χ0v) is 7.47. The maximum absolute atomic E-state index is 5.77. The van der Waals surface area contributed by atoms with E-state index in [2.05, 4.69) is 15.9 Å². The van der Waals surface area contributed by atoms with Gasteiger partial charge in [-0.1, -0.05) is 15.9 Å². The molecule has 0 fully saturated rings. The van der Waals surface area contributed by atoms with E-state index >= 15 is 0 Å². The molecule has 0 aromatic heterocycles. The van der Waals surface area contributed by atoms with Crippen molar-refractivity contribution in [2.75, 3.05) is 6.61 Å². The van der Waals surface area contributed by atoms with E-state index in [1.165, 1.54) is 0 Å². The Balaban J connectivity index is 2.52. The number of benzene rings is 1. The summed E-state index contributed by atoms with van der Waals surface area (Å²) in [6, 6.07) is 5.94. The van der Waals surface area contributed by atoms with Crippen LogP contribution in [0.15, 0.2) is 22.7 Å². The molecule has 0 bridgehead atoms. The second kappa shape index (κ2) is 2.50. The molecule has 0 unspecified atom stereocenters. The molecular weight excluding hydrogens is 206 g/mol. The average Bonchev–Trinajstić information content (AvgIpc) is 2.33. The summed E-state index contributed by atoms with van der Waals surface area (Å²) in [5.74, 6) is 0.917. The van der Waals surface area contributed by atoms with Crippen molar-refractivity contribution in [3.8, 4) is 5.75 Å². The van der Waals surface area contributed by atoms with E-state index in [-0.39, 0.29) is 6.04 Å². The Kier molecular flexibility index (Phi) is 1.62. The molecule has 2 N–H and O–H groups in total. The van der Waals surface area contributed by atoms with Crippen LogP contribution >= 0.6 is 15.9 Å². The summed E-state index contributed by atoms with van der Waals surface area (Å²) >= 11 is 3.38. The minimum absolute atomic E-state index is 0.0440. The normalized spacial score (nSPS) is 21.1. The highest BCUT2D eigenvalue weighted by Crippen LogP contribution is 2.32. The predicted molar refractivity (Wildman–Crippen MR) is 46.6 cm³/mol. The number of fused-ring (bicyclic) bond motifs is 1. The predicted octanol–water partition coefficient (Wildman–Crippen LogP) is 1.84. The lowest BCUT2D eigenvalue weighted by Gasteiger charge is -1.99. The third-order valence-electron chi connectivity index (χ3n) is 1.79. The molecule has 0 radical (unpaired) electrons. The van der Waals surface area contributed by atoms with Crippen LogP contribution in [0.5, 0.6) is 5.75 Å². The van der Waals surface area contributed by atoms with Gasteiger partial charge in [0.25, 0.3) is 0 Å². The fraction of sp³-hybridized carbons (Fsp3) is 0.250. The van der Waals surface area contributed by atoms with E-state index in [1.54, 1.807) is 0 Å². The number of halogens is 1. The maximum Gasteiger partial charge on any atom is 0.124 e. The molecule has 0 amide bonds. The number of rotatable bonds is 0. The molecule has 0 saturated carbocycles. The Morgan fingerprint density at radius 2 is 2.36 bits per heavy atom. The SMILES string of the molecule is N[C@@H]1COc2ccc(Br)cc21. The van der Waals surface area contributed by atoms with Crippen molar-refractivity contribution in [1.82, 2.24) is 0 Å². The first-order valence-electron chi connectivity index (χ1n) is 3.45. The van der Waals surface area contributed by atoms with Crippen molar-refractivity contribution in [3.63, 3.8) is 0 Å². The Labute approximate surface area is 73.5 Å². The lowest BCUT2D eigenvalue weighted by Crippen LogP contribution is -2.10. The molecule has 0 aliphatic carbocycles. The zero-order chi connectivity index (χ0) is 7.84. The summed E-state index contributed by atoms with van der Waals surface area (Å²) < 4.78 is 6.37. The van der Waals surface area contributed by atoms with Gasteiger partial charge in [0, 0.05) is 10.0 Å². The van der Waals surface area contributed by atoms with Gasteiger partial charge in [-0.2, -0.15) is 0 Å². The first-order chi connectivity index (χ1) is 5.27. The molecule has 58 valence electrons. The van der Waals surface area contributed by atoms with Crippen LogP contribution in [-0.4, -0.2) is 6.61 Å². The summed E-state index contributed by atoms with van der Waals surface area (Å²) in [7, 11) is 0. The first kappa shape index (κ1) is 7.13. The third kappa shape index (κ3) is 1.14. The van der Waals surface area contributed by atoms with E-state index in [0.717, 1.165) is 15.8 Å². The quantitative estimate of drug-likeness (QED) is 0.715. The van der Waals surface area contributed by atoms with Crippen LogP contribution < -0.4 is 10.5 Å². The molecule has 1 aromatic rings. The number of hydrogen-bond donors (Lipinski definition) is 1. The third-order valence-corrected chi connectivity index (χ3v) is 2.28. The van der Waals surface area contributed by atoms with E-state index in [1.807, 2.05) is 18.2 Å². The minimum atomic E-state index is 0.0440. The number of nitrogens with two attached hydrogens (primary N) is 1. The van der Waals surface area contributed by atoms with Crippen LogP contribution in [0.4, 0.5) is 0 Å². The standard InChI is InChI=1S/C8H8BrNO/c9-5-1-2-8-6(3-5)7(10)4-11-8/h1-3,7H,4,10H2/t7-/m1/s1. The molecule has 1 heterocycles. The van der Waals surface area contributed by atoms with Gasteiger partial charge < -0.3 is 10.5 Å². The van der Waals surface area contributed by atoms with Crippen molar-refractivity contribution < 1.29 is 4.74 Å². The van der Waals surface area contributed by atoms with Gasteiger partial charge in [0.15, 0.2) is 0 Å². The molecular formula is C8H8BrNO. The highest BCUT2D eigenvalue weighted by Gasteiger charge is 2.19. The van der Waals surface area contributed by atoms with Crippen molar-refractivity contribution in [2.24, 2.45) is 5.73 Å². The van der Waals surface area contributed by atoms with Gasteiger partial charge in [-0.15, -0.1) is 0 Å². The van der Waals surface area contributed by atoms with Crippen molar-refractivity contribution >= 4 is 15.9 Å². The molecule has 0 saturated heterocycles. The zero-order valence-electron chi connectivity index (χ0n) is 5.88. The van der Waals surface area contributed by atoms with Gasteiger partial charge in [0.2, 0.25) is 0 Å². The van der Waals surface area contributed by atoms with Gasteiger partial charge in [-0.05, 0) is 18.2 Å². The van der Waals surface area contributed by atoms with E-state index in [9.17, 15) is 0 Å². The molecule has 3 heteroatoms. The first-order valence-corrected chi connectivity index (χ1v) is 4.24. The lowest BCUT2D eigenvalue weighted by atomic mass is 10.1. The summed E-state index contributed by atoms with van der Waals surface area (Å²) in [5.41, 5.74) is 6.87. The fourth-order valence-electron chi connectivity index (χ4n) is 1.21. The van der Waals surface area contributed by atoms with Gasteiger partial charge in [-0.25, -0.2) is 0 Å². The molecule has 1 aliphatic heterocycles. The van der Waals surface area contributed by atoms with Crippen LogP contribution in [0, 0.1) is 0 Å². The summed E-state index contributed by atoms with van der Waals surface area (Å²) in [6.07, 6.45) is 0. The summed E-state index contributed by atoms with van der Waals surface area (Å²) in [5, 5.41) is 0. The average molecular weight is 214 g/mol. The highest BCUT2D eigenvalue weighted by atomic mass is 79.9. The minimum Gasteiger partial charge on any atom is -0.491 e. The Bertz CT molecular complexity index is 287. The monoisotopic (exact) mass is 213 g/mol. The van der Waals surface area contributed by atoms with Crippen LogP contribution in [0.25, 0.3) is 0 Å². The second-order valence-corrected chi connectivity index (χ2v) is 3.52. The summed E-state index contributed by atoms with van der Waals surface area (Å²) in [4.78, 5) is 0. The van der Waals surface area contributed by atoms with Gasteiger partial charge in [-0.3, -0.25) is 0 Å². The topological polar surface area (TPSA) is 35.2 Å². The highest BCUT2D eigenvalue weighted by molar-refractivity contribution is 9.10. The Morgan fingerprint density at radius 3 is 3.18 bits per heavy atom. The smallest absolute Gasteiger partial charge is 0.124 e. The molecule has 1 aliphatic rings. The van der Waals surface area contributed by atoms with Crippen LogP contribution in [0.1, 0.15) is 11.6 Å². The molecule has 2 rings (SSSR count). The van der Waals surface area contributed by atoms with Gasteiger partial charge >= 0.3 is 0 Å². The van der Waals surface area contributed by atoms with Crippen molar-refractivity contribution in [2.45, 2.75) is 6.04 Å². The fourth-order valence-corrected chi connectivity index (χ4v) is 1.59. The van der Waals surface area contributed by atoms with Gasteiger partial charge in [0.1, 0.15) is 12.4 Å². The Morgan fingerprint density at radius 1 is 1.55 bits per heavy atom. The molecule has 11 heavy (non-hydrogen) atoms. The van der Waals surface area contributed by atoms with E-state index < -0.39 is 0 Å². The van der Waals surface area contributed by atoms with Crippen LogP contribution in [0.2, 0.25) is 0 Å². The molecule has 2 nitrogen and oxygen atoms in total. The Hall–Kier alpha value is -0.540. The maximum atomic E-state index is 5.77. The molecule has 1 atom stereocenters.